The van der Waals surface area contributed by atoms with Crippen molar-refractivity contribution in [1.29, 1.82) is 0 Å². The molecule has 210 valence electrons. The summed E-state index contributed by atoms with van der Waals surface area (Å²) in [6, 6.07) is 4.75. The lowest BCUT2D eigenvalue weighted by molar-refractivity contribution is -0.142. The van der Waals surface area contributed by atoms with Crippen LogP contribution < -0.4 is 9.64 Å². The second kappa shape index (κ2) is 10.6. The van der Waals surface area contributed by atoms with Gasteiger partial charge in [-0.15, -0.1) is 0 Å². The molecule has 3 rings (SSSR count). The predicted octanol–water partition coefficient (Wildman–Crippen LogP) is 5.52. The Kier molecular flexibility index (Phi) is 8.27. The zero-order valence-electron chi connectivity index (χ0n) is 20.6. The Morgan fingerprint density at radius 3 is 2.39 bits per heavy atom. The topological polar surface area (TPSA) is 87.2 Å². The lowest BCUT2D eigenvalue weighted by Gasteiger charge is -2.30. The van der Waals surface area contributed by atoms with Crippen LogP contribution in [0.1, 0.15) is 32.3 Å². The van der Waals surface area contributed by atoms with Gasteiger partial charge in [0.25, 0.3) is 0 Å². The normalized spacial score (nSPS) is 19.0. The predicted molar refractivity (Wildman–Crippen MR) is 126 cm³/mol. The highest BCUT2D eigenvalue weighted by molar-refractivity contribution is 7.89. The van der Waals surface area contributed by atoms with Crippen LogP contribution in [0.5, 0.6) is 5.75 Å². The molecule has 0 amide bonds. The van der Waals surface area contributed by atoms with Gasteiger partial charge in [-0.05, 0) is 44.5 Å². The zero-order valence-corrected chi connectivity index (χ0v) is 21.4. The minimum atomic E-state index is -5.05. The molecule has 0 saturated carbocycles. The molecule has 7 nitrogen and oxygen atoms in total. The first kappa shape index (κ1) is 29.6. The van der Waals surface area contributed by atoms with Crippen LogP contribution in [-0.2, 0) is 21.0 Å². The maximum absolute atomic E-state index is 14.1. The molecule has 0 saturated heterocycles. The highest BCUT2D eigenvalue weighted by atomic mass is 32.2. The molecule has 1 aliphatic rings. The van der Waals surface area contributed by atoms with Crippen LogP contribution in [0.15, 0.2) is 41.3 Å². The molecule has 2 aromatic rings. The maximum Gasteiger partial charge on any atom is 0.420 e. The number of carboxylic acid groups (broad SMARTS) is 1. The fourth-order valence-corrected chi connectivity index (χ4v) is 5.52. The van der Waals surface area contributed by atoms with E-state index < -0.39 is 80.8 Å². The van der Waals surface area contributed by atoms with Crippen LogP contribution in [0, 0.1) is 11.7 Å². The zero-order chi connectivity index (χ0) is 28.6. The summed E-state index contributed by atoms with van der Waals surface area (Å²) in [7, 11) is -3.45. The Bertz CT molecular complexity index is 1300. The number of aliphatic carboxylic acids is 1. The Hall–Kier alpha value is -3.00. The highest BCUT2D eigenvalue weighted by Gasteiger charge is 2.42. The second-order valence-corrected chi connectivity index (χ2v) is 11.2. The monoisotopic (exact) mass is 568 g/mol. The number of sulfonamides is 1. The molecule has 0 radical (unpaired) electrons. The SMILES string of the molecule is C[C@@H](COc1cc2c(cc1C(F)(F)F)N(c1cccc(F)c1)C[C@@H](CCC(C)(F)F)N(C)S2(=O)=O)C(=O)O. The molecule has 0 aliphatic carbocycles. The first-order valence-electron chi connectivity index (χ1n) is 11.4. The van der Waals surface area contributed by atoms with Crippen LogP contribution in [0.25, 0.3) is 0 Å². The van der Waals surface area contributed by atoms with Crippen molar-refractivity contribution in [2.45, 2.75) is 49.7 Å². The molecule has 0 aromatic heterocycles. The van der Waals surface area contributed by atoms with Gasteiger partial charge in [-0.3, -0.25) is 4.79 Å². The van der Waals surface area contributed by atoms with Gasteiger partial charge in [0.1, 0.15) is 23.1 Å². The van der Waals surface area contributed by atoms with Gasteiger partial charge >= 0.3 is 12.1 Å². The third-order valence-electron chi connectivity index (χ3n) is 6.17. The number of hydrogen-bond acceptors (Lipinski definition) is 5. The van der Waals surface area contributed by atoms with Crippen molar-refractivity contribution in [3.05, 3.63) is 47.8 Å². The number of fused-ring (bicyclic) bond motifs is 1. The van der Waals surface area contributed by atoms with Gasteiger partial charge < -0.3 is 14.7 Å². The van der Waals surface area contributed by atoms with Crippen LogP contribution in [0.4, 0.5) is 37.7 Å². The first-order valence-corrected chi connectivity index (χ1v) is 12.9. The van der Waals surface area contributed by atoms with Crippen molar-refractivity contribution in [2.75, 3.05) is 25.1 Å². The van der Waals surface area contributed by atoms with Gasteiger partial charge in [0.2, 0.25) is 15.9 Å². The van der Waals surface area contributed by atoms with E-state index in [-0.39, 0.29) is 18.7 Å². The van der Waals surface area contributed by atoms with E-state index in [4.69, 9.17) is 9.84 Å². The minimum Gasteiger partial charge on any atom is -0.492 e. The van der Waals surface area contributed by atoms with E-state index in [1.807, 2.05) is 0 Å². The average Bonchev–Trinajstić information content (AvgIpc) is 2.87. The summed E-state index contributed by atoms with van der Waals surface area (Å²) >= 11 is 0. The number of benzene rings is 2. The van der Waals surface area contributed by atoms with Crippen molar-refractivity contribution >= 4 is 27.4 Å². The van der Waals surface area contributed by atoms with Gasteiger partial charge in [-0.2, -0.15) is 17.5 Å². The van der Waals surface area contributed by atoms with Crippen LogP contribution in [-0.4, -0.2) is 56.0 Å². The van der Waals surface area contributed by atoms with Gasteiger partial charge in [0, 0.05) is 37.8 Å². The number of halogens is 6. The van der Waals surface area contributed by atoms with Gasteiger partial charge in [-0.25, -0.2) is 21.6 Å². The average molecular weight is 569 g/mol. The van der Waals surface area contributed by atoms with E-state index in [0.717, 1.165) is 28.4 Å². The van der Waals surface area contributed by atoms with E-state index in [2.05, 4.69) is 0 Å². The molecule has 0 spiro atoms. The third kappa shape index (κ3) is 6.52. The molecular weight excluding hydrogens is 542 g/mol. The van der Waals surface area contributed by atoms with E-state index in [9.17, 15) is 39.6 Å². The van der Waals surface area contributed by atoms with Crippen molar-refractivity contribution < 1.29 is 49.4 Å². The van der Waals surface area contributed by atoms with Crippen LogP contribution in [0.2, 0.25) is 0 Å². The third-order valence-corrected chi connectivity index (χ3v) is 8.11. The molecule has 2 aromatic carbocycles. The Morgan fingerprint density at radius 2 is 1.84 bits per heavy atom. The number of anilines is 2. The quantitative estimate of drug-likeness (QED) is 0.422. The van der Waals surface area contributed by atoms with Crippen LogP contribution in [0.3, 0.4) is 0 Å². The maximum atomic E-state index is 14.1. The van der Waals surface area contributed by atoms with E-state index in [0.29, 0.717) is 19.1 Å². The lowest BCUT2D eigenvalue weighted by atomic mass is 10.1. The summed E-state index contributed by atoms with van der Waals surface area (Å²) in [5.41, 5.74) is -1.84. The summed E-state index contributed by atoms with van der Waals surface area (Å²) < 4.78 is 117. The number of likely N-dealkylation sites (N-methyl/N-ethyl adjacent to an activating group) is 1. The summed E-state index contributed by atoms with van der Waals surface area (Å²) in [5.74, 6) is -7.36. The van der Waals surface area contributed by atoms with Crippen molar-refractivity contribution in [3.63, 3.8) is 0 Å². The Morgan fingerprint density at radius 1 is 1.18 bits per heavy atom. The molecule has 1 heterocycles. The minimum absolute atomic E-state index is 0.00583. The molecule has 1 aliphatic heterocycles. The summed E-state index contributed by atoms with van der Waals surface area (Å²) in [6.45, 7) is 0.822. The number of hydrogen-bond donors (Lipinski definition) is 1. The fraction of sp³-hybridized carbons (Fsp3) is 0.458. The van der Waals surface area contributed by atoms with Crippen LogP contribution >= 0.6 is 0 Å². The number of alkyl halides is 5. The standard InChI is InChI=1S/C24H26F6N2O5S/c1-14(22(33)34)13-37-20-11-21-19(10-18(20)24(28,29)30)32(16-6-4-5-15(25)9-16)12-17(7-8-23(2,26)27)31(3)38(21,35)36/h4-6,9-11,14,17H,7-8,12-13H2,1-3H3,(H,33,34)/t14-,17+/m0/s1. The first-order chi connectivity index (χ1) is 17.4. The molecule has 0 bridgehead atoms. The molecule has 14 heteroatoms. The number of ether oxygens (including phenoxy) is 1. The van der Waals surface area contributed by atoms with Crippen molar-refractivity contribution in [3.8, 4) is 5.75 Å². The Labute approximate surface area is 215 Å². The van der Waals surface area contributed by atoms with E-state index in [1.54, 1.807) is 0 Å². The van der Waals surface area contributed by atoms with Gasteiger partial charge in [0.05, 0.1) is 17.2 Å². The fourth-order valence-electron chi connectivity index (χ4n) is 3.95. The van der Waals surface area contributed by atoms with Crippen molar-refractivity contribution in [1.82, 2.24) is 4.31 Å². The van der Waals surface area contributed by atoms with E-state index in [1.165, 1.54) is 19.1 Å². The second-order valence-electron chi connectivity index (χ2n) is 9.24. The summed E-state index contributed by atoms with van der Waals surface area (Å²) in [4.78, 5) is 11.6. The lowest BCUT2D eigenvalue weighted by Crippen LogP contribution is -2.41. The van der Waals surface area contributed by atoms with Gasteiger partial charge in [0.15, 0.2) is 0 Å². The smallest absolute Gasteiger partial charge is 0.420 e. The largest absolute Gasteiger partial charge is 0.492 e. The number of carboxylic acids is 1. The molecule has 2 atom stereocenters. The summed E-state index contributed by atoms with van der Waals surface area (Å²) in [6.07, 6.45) is -6.10. The Balaban J connectivity index is 2.26. The highest BCUT2D eigenvalue weighted by Crippen LogP contribution is 2.46. The van der Waals surface area contributed by atoms with Crippen molar-refractivity contribution in [2.24, 2.45) is 5.92 Å². The molecular formula is C24H26F6N2O5S. The molecule has 0 fully saturated rings. The summed E-state index contributed by atoms with van der Waals surface area (Å²) in [5, 5.41) is 9.06. The van der Waals surface area contributed by atoms with Gasteiger partial charge in [-0.1, -0.05) is 6.07 Å². The molecule has 1 N–H and O–H groups in total. The number of rotatable bonds is 8. The van der Waals surface area contributed by atoms with E-state index >= 15 is 0 Å². The number of nitrogens with zero attached hydrogens (tertiary/aromatic N) is 2. The molecule has 38 heavy (non-hydrogen) atoms. The molecule has 0 unspecified atom stereocenters. The number of carbonyl (C=O) groups is 1.